The Labute approximate surface area is 556 Å². The van der Waals surface area contributed by atoms with Crippen molar-refractivity contribution < 1.29 is 24.5 Å². The van der Waals surface area contributed by atoms with E-state index in [1.165, 1.54) is 366 Å². The van der Waals surface area contributed by atoms with Crippen molar-refractivity contribution in [3.05, 3.63) is 48.6 Å². The molecule has 0 saturated heterocycles. The lowest BCUT2D eigenvalue weighted by Gasteiger charge is -2.20. The zero-order valence-corrected chi connectivity index (χ0v) is 60.2. The second-order valence-electron chi connectivity index (χ2n) is 27.7. The molecule has 0 fully saturated rings. The number of ether oxygens (including phenoxy) is 1. The lowest BCUT2D eigenvalue weighted by atomic mass is 10.0. The maximum atomic E-state index is 12.5. The summed E-state index contributed by atoms with van der Waals surface area (Å²) >= 11 is 0. The number of carbonyl (C=O) groups excluding carboxylic acids is 2. The van der Waals surface area contributed by atoms with E-state index in [1.54, 1.807) is 6.08 Å². The van der Waals surface area contributed by atoms with Crippen LogP contribution in [0.15, 0.2) is 48.6 Å². The van der Waals surface area contributed by atoms with Crippen LogP contribution in [0.5, 0.6) is 0 Å². The first-order valence-electron chi connectivity index (χ1n) is 40.4. The van der Waals surface area contributed by atoms with E-state index in [1.807, 2.05) is 6.08 Å². The van der Waals surface area contributed by atoms with Crippen LogP contribution in [0.25, 0.3) is 0 Å². The van der Waals surface area contributed by atoms with Gasteiger partial charge in [-0.1, -0.05) is 390 Å². The van der Waals surface area contributed by atoms with Crippen molar-refractivity contribution in [1.82, 2.24) is 5.32 Å². The molecule has 0 aliphatic rings. The molecule has 0 bridgehead atoms. The highest BCUT2D eigenvalue weighted by atomic mass is 16.5. The first-order chi connectivity index (χ1) is 44.0. The van der Waals surface area contributed by atoms with Gasteiger partial charge in [0.1, 0.15) is 0 Å². The fraction of sp³-hybridized carbons (Fsp3) is 0.880. The van der Waals surface area contributed by atoms with E-state index < -0.39 is 12.1 Å². The van der Waals surface area contributed by atoms with Crippen LogP contribution in [0.2, 0.25) is 0 Å². The number of unbranched alkanes of at least 4 members (excludes halogenated alkanes) is 59. The second-order valence-corrected chi connectivity index (χ2v) is 27.7. The van der Waals surface area contributed by atoms with Crippen molar-refractivity contribution in [3.63, 3.8) is 0 Å². The van der Waals surface area contributed by atoms with Crippen LogP contribution in [0.3, 0.4) is 0 Å². The highest BCUT2D eigenvalue weighted by Gasteiger charge is 2.18. The third kappa shape index (κ3) is 74.7. The van der Waals surface area contributed by atoms with Crippen molar-refractivity contribution in [2.45, 2.75) is 456 Å². The molecular formula is C83H157NO5. The van der Waals surface area contributed by atoms with E-state index in [0.29, 0.717) is 19.4 Å². The third-order valence-electron chi connectivity index (χ3n) is 18.8. The van der Waals surface area contributed by atoms with E-state index >= 15 is 0 Å². The molecule has 524 valence electrons. The number of hydrogen-bond donors (Lipinski definition) is 3. The van der Waals surface area contributed by atoms with Gasteiger partial charge in [0.15, 0.2) is 0 Å². The molecule has 2 atom stereocenters. The molecule has 89 heavy (non-hydrogen) atoms. The number of nitrogens with one attached hydrogen (secondary N) is 1. The molecule has 0 heterocycles. The molecule has 3 N–H and O–H groups in total. The average molecular weight is 1250 g/mol. The Morgan fingerprint density at radius 2 is 0.562 bits per heavy atom. The molecule has 0 radical (unpaired) electrons. The van der Waals surface area contributed by atoms with Crippen LogP contribution in [0.1, 0.15) is 444 Å². The molecule has 2 unspecified atom stereocenters. The summed E-state index contributed by atoms with van der Waals surface area (Å²) in [5, 5.41) is 23.3. The summed E-state index contributed by atoms with van der Waals surface area (Å²) in [7, 11) is 0. The lowest BCUT2D eigenvalue weighted by molar-refractivity contribution is -0.143. The Morgan fingerprint density at radius 3 is 0.888 bits per heavy atom. The summed E-state index contributed by atoms with van der Waals surface area (Å²) < 4.78 is 5.51. The number of carbonyl (C=O) groups is 2. The minimum atomic E-state index is -0.844. The fourth-order valence-corrected chi connectivity index (χ4v) is 12.7. The Hall–Kier alpha value is -2.18. The van der Waals surface area contributed by atoms with Crippen LogP contribution in [-0.4, -0.2) is 47.4 Å². The number of allylic oxidation sites excluding steroid dienone is 7. The van der Waals surface area contributed by atoms with Gasteiger partial charge in [-0.3, -0.25) is 9.59 Å². The van der Waals surface area contributed by atoms with Crippen LogP contribution >= 0.6 is 0 Å². The zero-order chi connectivity index (χ0) is 64.2. The number of aliphatic hydroxyl groups is 2. The summed E-state index contributed by atoms with van der Waals surface area (Å²) in [6.07, 6.45) is 104. The molecule has 0 aromatic carbocycles. The van der Waals surface area contributed by atoms with E-state index in [0.717, 1.165) is 51.4 Å². The van der Waals surface area contributed by atoms with Crippen molar-refractivity contribution in [3.8, 4) is 0 Å². The second kappa shape index (κ2) is 78.3. The van der Waals surface area contributed by atoms with Crippen LogP contribution < -0.4 is 5.32 Å². The largest absolute Gasteiger partial charge is 0.466 e. The molecule has 6 heteroatoms. The highest BCUT2D eigenvalue weighted by molar-refractivity contribution is 5.76. The number of esters is 1. The van der Waals surface area contributed by atoms with Crippen LogP contribution in [-0.2, 0) is 14.3 Å². The molecule has 0 aliphatic carbocycles. The van der Waals surface area contributed by atoms with Crippen molar-refractivity contribution in [2.24, 2.45) is 0 Å². The number of rotatable bonds is 76. The molecule has 6 nitrogen and oxygen atoms in total. The van der Waals surface area contributed by atoms with Gasteiger partial charge in [-0.25, -0.2) is 0 Å². The molecule has 0 rings (SSSR count). The monoisotopic (exact) mass is 1250 g/mol. The zero-order valence-electron chi connectivity index (χ0n) is 60.2. The fourth-order valence-electron chi connectivity index (χ4n) is 12.7. The van der Waals surface area contributed by atoms with Gasteiger partial charge in [0.25, 0.3) is 0 Å². The summed E-state index contributed by atoms with van der Waals surface area (Å²) in [5.74, 6) is -0.0456. The minimum absolute atomic E-state index is 0.0152. The van der Waals surface area contributed by atoms with Gasteiger partial charge in [-0.05, 0) is 89.9 Å². The van der Waals surface area contributed by atoms with Crippen LogP contribution in [0, 0.1) is 0 Å². The Balaban J connectivity index is 3.36. The standard InChI is InChI=1S/C83H157NO5/c1-3-5-7-9-11-13-15-17-19-21-23-40-43-47-51-55-59-63-67-71-75-81(86)80(79-85)84-82(87)76-72-68-64-60-56-52-48-44-41-37-35-33-31-29-27-25-24-26-28-30-32-34-36-38-42-46-50-54-58-62-66-70-74-78-89-83(88)77-73-69-65-61-57-53-49-45-39-22-20-18-16-14-12-10-8-6-4-2/h12,14,18,20,28,30,71,75,80-81,85-86H,3-11,13,15-17,19,21-27,29,31-70,72-74,76-79H2,1-2H3,(H,84,87)/b14-12-,20-18-,30-28-,75-71+. The van der Waals surface area contributed by atoms with Gasteiger partial charge in [-0.2, -0.15) is 0 Å². The molecule has 0 saturated carbocycles. The number of hydrogen-bond acceptors (Lipinski definition) is 5. The average Bonchev–Trinajstić information content (AvgIpc) is 3.57. The van der Waals surface area contributed by atoms with Crippen molar-refractivity contribution in [2.75, 3.05) is 13.2 Å². The Kier molecular flexibility index (Phi) is 76.3. The van der Waals surface area contributed by atoms with Gasteiger partial charge < -0.3 is 20.3 Å². The molecule has 0 spiro atoms. The highest BCUT2D eigenvalue weighted by Crippen LogP contribution is 2.19. The quantitative estimate of drug-likeness (QED) is 0.0320. The molecular weight excluding hydrogens is 1090 g/mol. The smallest absolute Gasteiger partial charge is 0.305 e. The van der Waals surface area contributed by atoms with E-state index in [2.05, 4.69) is 55.6 Å². The Morgan fingerprint density at radius 1 is 0.315 bits per heavy atom. The first kappa shape index (κ1) is 86.8. The Bertz CT molecular complexity index is 1490. The van der Waals surface area contributed by atoms with E-state index in [4.69, 9.17) is 4.74 Å². The molecule has 0 aromatic rings. The van der Waals surface area contributed by atoms with Gasteiger partial charge >= 0.3 is 5.97 Å². The summed E-state index contributed by atoms with van der Waals surface area (Å²) in [5.41, 5.74) is 0. The van der Waals surface area contributed by atoms with Gasteiger partial charge in [0.05, 0.1) is 25.4 Å². The van der Waals surface area contributed by atoms with Gasteiger partial charge in [0.2, 0.25) is 5.91 Å². The van der Waals surface area contributed by atoms with Gasteiger partial charge in [-0.15, -0.1) is 0 Å². The predicted molar refractivity (Wildman–Crippen MR) is 393 cm³/mol. The van der Waals surface area contributed by atoms with E-state index in [-0.39, 0.29) is 18.5 Å². The minimum Gasteiger partial charge on any atom is -0.466 e. The summed E-state index contributed by atoms with van der Waals surface area (Å²) in [4.78, 5) is 24.7. The summed E-state index contributed by atoms with van der Waals surface area (Å²) in [6.45, 7) is 4.92. The number of amides is 1. The molecule has 0 aromatic heterocycles. The van der Waals surface area contributed by atoms with Crippen LogP contribution in [0.4, 0.5) is 0 Å². The normalized spacial score (nSPS) is 12.7. The summed E-state index contributed by atoms with van der Waals surface area (Å²) in [6, 6.07) is -0.627. The third-order valence-corrected chi connectivity index (χ3v) is 18.8. The van der Waals surface area contributed by atoms with Crippen molar-refractivity contribution in [1.29, 1.82) is 0 Å². The molecule has 1 amide bonds. The number of aliphatic hydroxyl groups excluding tert-OH is 2. The predicted octanol–water partition coefficient (Wildman–Crippen LogP) is 26.8. The maximum Gasteiger partial charge on any atom is 0.305 e. The van der Waals surface area contributed by atoms with Gasteiger partial charge in [0, 0.05) is 12.8 Å². The first-order valence-corrected chi connectivity index (χ1v) is 40.4. The topological polar surface area (TPSA) is 95.9 Å². The molecule has 0 aliphatic heterocycles. The van der Waals surface area contributed by atoms with E-state index in [9.17, 15) is 19.8 Å². The maximum absolute atomic E-state index is 12.5. The van der Waals surface area contributed by atoms with Crippen molar-refractivity contribution >= 4 is 11.9 Å². The lowest BCUT2D eigenvalue weighted by Crippen LogP contribution is -2.45. The SMILES string of the molecule is CCCCC/C=C\C/C=C\CCCCCCCCCCCC(=O)OCCCCCCCCCCCCCC/C=C\CCCCCCCCCCCCCCCCCCCC(=O)NC(CO)C(O)/C=C/CCCCCCCCCCCCCCCCCCCC.